The van der Waals surface area contributed by atoms with Crippen LogP contribution in [-0.4, -0.2) is 82.0 Å². The summed E-state index contributed by atoms with van der Waals surface area (Å²) in [5.74, 6) is 0.667. The molecule has 1 aromatic rings. The maximum absolute atomic E-state index is 12.8. The molecule has 3 rings (SSSR count). The molecular weight excluding hydrogens is 338 g/mol. The van der Waals surface area contributed by atoms with Crippen molar-refractivity contribution in [2.45, 2.75) is 30.2 Å². The zero-order valence-corrected chi connectivity index (χ0v) is 16.0. The monoisotopic (exact) mass is 367 g/mol. The number of hydrogen-bond acceptors (Lipinski definition) is 5. The van der Waals surface area contributed by atoms with Crippen LogP contribution in [-0.2, 0) is 10.0 Å². The number of ether oxygens (including phenoxy) is 1. The normalized spacial score (nSPS) is 23.8. The van der Waals surface area contributed by atoms with Crippen molar-refractivity contribution in [1.82, 2.24) is 14.1 Å². The lowest BCUT2D eigenvalue weighted by atomic mass is 10.1. The predicted octanol–water partition coefficient (Wildman–Crippen LogP) is 1.49. The zero-order valence-electron chi connectivity index (χ0n) is 15.2. The summed E-state index contributed by atoms with van der Waals surface area (Å²) in [4.78, 5) is 5.19. The van der Waals surface area contributed by atoms with Crippen molar-refractivity contribution in [2.24, 2.45) is 0 Å². The molecule has 6 nitrogen and oxygen atoms in total. The van der Waals surface area contributed by atoms with E-state index in [1.54, 1.807) is 35.7 Å². The molecule has 2 saturated heterocycles. The summed E-state index contributed by atoms with van der Waals surface area (Å²) >= 11 is 0. The molecular formula is C18H29N3O3S. The molecule has 2 aliphatic heterocycles. The van der Waals surface area contributed by atoms with Crippen molar-refractivity contribution in [3.8, 4) is 5.75 Å². The molecule has 0 saturated carbocycles. The van der Waals surface area contributed by atoms with Crippen LogP contribution in [0.4, 0.5) is 0 Å². The van der Waals surface area contributed by atoms with E-state index in [0.717, 1.165) is 19.6 Å². The van der Waals surface area contributed by atoms with E-state index in [1.807, 2.05) is 0 Å². The van der Waals surface area contributed by atoms with Crippen molar-refractivity contribution in [3.05, 3.63) is 24.3 Å². The average Bonchev–Trinajstić information content (AvgIpc) is 3.05. The van der Waals surface area contributed by atoms with Gasteiger partial charge >= 0.3 is 0 Å². The molecule has 2 aliphatic rings. The highest BCUT2D eigenvalue weighted by molar-refractivity contribution is 7.89. The van der Waals surface area contributed by atoms with Crippen LogP contribution in [0.5, 0.6) is 5.75 Å². The molecule has 7 heteroatoms. The molecule has 1 unspecified atom stereocenters. The van der Waals surface area contributed by atoms with Gasteiger partial charge in [0.2, 0.25) is 10.0 Å². The topological polar surface area (TPSA) is 53.1 Å². The Hall–Kier alpha value is -1.15. The van der Waals surface area contributed by atoms with Gasteiger partial charge in [0, 0.05) is 32.2 Å². The van der Waals surface area contributed by atoms with Gasteiger partial charge in [0.1, 0.15) is 5.75 Å². The number of nitrogens with zero attached hydrogens (tertiary/aromatic N) is 3. The second kappa shape index (κ2) is 8.03. The number of benzene rings is 1. The van der Waals surface area contributed by atoms with Gasteiger partial charge in [-0.15, -0.1) is 0 Å². The minimum absolute atomic E-state index is 0.342. The third-order valence-electron chi connectivity index (χ3n) is 5.48. The van der Waals surface area contributed by atoms with Gasteiger partial charge in [-0.3, -0.25) is 0 Å². The molecule has 0 bridgehead atoms. The number of likely N-dealkylation sites (tertiary alicyclic amines) is 1. The zero-order chi connectivity index (χ0) is 17.9. The number of sulfonamides is 1. The molecule has 0 radical (unpaired) electrons. The number of methoxy groups -OCH3 is 1. The van der Waals surface area contributed by atoms with E-state index in [2.05, 4.69) is 16.8 Å². The predicted molar refractivity (Wildman–Crippen MR) is 98.5 cm³/mol. The van der Waals surface area contributed by atoms with Crippen molar-refractivity contribution in [2.75, 3.05) is 53.4 Å². The van der Waals surface area contributed by atoms with E-state index in [0.29, 0.717) is 29.8 Å². The molecule has 25 heavy (non-hydrogen) atoms. The SMILES string of the molecule is COc1ccc(S(=O)(=O)N2CCN(CCC3CCCN3C)CC2)cc1. The van der Waals surface area contributed by atoms with E-state index in [-0.39, 0.29) is 0 Å². The fourth-order valence-corrected chi connectivity index (χ4v) is 5.19. The van der Waals surface area contributed by atoms with Gasteiger partial charge in [0.25, 0.3) is 0 Å². The molecule has 0 aliphatic carbocycles. The van der Waals surface area contributed by atoms with E-state index in [1.165, 1.54) is 25.8 Å². The average molecular weight is 368 g/mol. The minimum Gasteiger partial charge on any atom is -0.497 e. The fraction of sp³-hybridized carbons (Fsp3) is 0.667. The van der Waals surface area contributed by atoms with Crippen molar-refractivity contribution >= 4 is 10.0 Å². The first-order valence-corrected chi connectivity index (χ1v) is 10.5. The number of rotatable bonds is 6. The van der Waals surface area contributed by atoms with E-state index >= 15 is 0 Å². The van der Waals surface area contributed by atoms with E-state index in [4.69, 9.17) is 4.74 Å². The van der Waals surface area contributed by atoms with Gasteiger partial charge in [-0.1, -0.05) is 0 Å². The molecule has 0 aromatic heterocycles. The lowest BCUT2D eigenvalue weighted by Crippen LogP contribution is -2.49. The number of hydrogen-bond donors (Lipinski definition) is 0. The number of piperazine rings is 1. The van der Waals surface area contributed by atoms with Gasteiger partial charge in [-0.25, -0.2) is 8.42 Å². The van der Waals surface area contributed by atoms with E-state index < -0.39 is 10.0 Å². The Morgan fingerprint density at radius 1 is 1.08 bits per heavy atom. The Bertz CT molecular complexity index is 655. The van der Waals surface area contributed by atoms with Crippen LogP contribution < -0.4 is 4.74 Å². The van der Waals surface area contributed by atoms with Gasteiger partial charge < -0.3 is 14.5 Å². The van der Waals surface area contributed by atoms with E-state index in [9.17, 15) is 8.42 Å². The Labute approximate surface area is 151 Å². The van der Waals surface area contributed by atoms with Crippen LogP contribution in [0.3, 0.4) is 0 Å². The maximum Gasteiger partial charge on any atom is 0.243 e. The van der Waals surface area contributed by atoms with Crippen LogP contribution in [0.1, 0.15) is 19.3 Å². The molecule has 140 valence electrons. The quantitative estimate of drug-likeness (QED) is 0.762. The van der Waals surface area contributed by atoms with Crippen LogP contribution in [0, 0.1) is 0 Å². The second-order valence-electron chi connectivity index (χ2n) is 6.99. The summed E-state index contributed by atoms with van der Waals surface area (Å²) in [6.45, 7) is 5.02. The standard InChI is InChI=1S/C18H29N3O3S/c1-19-10-3-4-16(19)9-11-20-12-14-21(15-13-20)25(22,23)18-7-5-17(24-2)6-8-18/h5-8,16H,3-4,9-15H2,1-2H3. The second-order valence-corrected chi connectivity index (χ2v) is 8.92. The Kier molecular flexibility index (Phi) is 5.99. The maximum atomic E-state index is 12.8. The lowest BCUT2D eigenvalue weighted by Gasteiger charge is -2.34. The third-order valence-corrected chi connectivity index (χ3v) is 7.39. The first-order valence-electron chi connectivity index (χ1n) is 9.07. The van der Waals surface area contributed by atoms with Crippen LogP contribution >= 0.6 is 0 Å². The lowest BCUT2D eigenvalue weighted by molar-refractivity contribution is 0.169. The highest BCUT2D eigenvalue weighted by Crippen LogP contribution is 2.22. The minimum atomic E-state index is -3.41. The molecule has 0 N–H and O–H groups in total. The Morgan fingerprint density at radius 3 is 2.32 bits per heavy atom. The molecule has 1 atom stereocenters. The molecule has 0 spiro atoms. The summed E-state index contributed by atoms with van der Waals surface area (Å²) in [6.07, 6.45) is 3.78. The largest absolute Gasteiger partial charge is 0.497 e. The van der Waals surface area contributed by atoms with Crippen LogP contribution in [0.25, 0.3) is 0 Å². The van der Waals surface area contributed by atoms with Crippen LogP contribution in [0.2, 0.25) is 0 Å². The smallest absolute Gasteiger partial charge is 0.243 e. The van der Waals surface area contributed by atoms with Crippen molar-refractivity contribution in [1.29, 1.82) is 0 Å². The van der Waals surface area contributed by atoms with Crippen LogP contribution in [0.15, 0.2) is 29.2 Å². The van der Waals surface area contributed by atoms with Crippen molar-refractivity contribution in [3.63, 3.8) is 0 Å². The Balaban J connectivity index is 1.52. The highest BCUT2D eigenvalue weighted by Gasteiger charge is 2.29. The third kappa shape index (κ3) is 4.34. The van der Waals surface area contributed by atoms with Gasteiger partial charge in [0.05, 0.1) is 12.0 Å². The highest BCUT2D eigenvalue weighted by atomic mass is 32.2. The summed E-state index contributed by atoms with van der Waals surface area (Å²) in [7, 11) is 0.374. The van der Waals surface area contributed by atoms with Gasteiger partial charge in [-0.2, -0.15) is 4.31 Å². The summed E-state index contributed by atoms with van der Waals surface area (Å²) in [5, 5.41) is 0. The molecule has 1 aromatic carbocycles. The molecule has 2 heterocycles. The van der Waals surface area contributed by atoms with Gasteiger partial charge in [0.15, 0.2) is 0 Å². The summed E-state index contributed by atoms with van der Waals surface area (Å²) in [6, 6.07) is 7.33. The Morgan fingerprint density at radius 2 is 1.76 bits per heavy atom. The summed E-state index contributed by atoms with van der Waals surface area (Å²) in [5.41, 5.74) is 0. The molecule has 0 amide bonds. The first-order chi connectivity index (χ1) is 12.0. The summed E-state index contributed by atoms with van der Waals surface area (Å²) < 4.78 is 32.2. The molecule has 2 fully saturated rings. The first kappa shape index (κ1) is 18.6. The van der Waals surface area contributed by atoms with Gasteiger partial charge in [-0.05, 0) is 63.7 Å². The fourth-order valence-electron chi connectivity index (χ4n) is 3.77. The van der Waals surface area contributed by atoms with Crippen molar-refractivity contribution < 1.29 is 13.2 Å².